The van der Waals surface area contributed by atoms with Crippen molar-refractivity contribution in [3.05, 3.63) is 29.8 Å². The van der Waals surface area contributed by atoms with E-state index in [0.717, 1.165) is 6.61 Å². The summed E-state index contributed by atoms with van der Waals surface area (Å²) in [5.41, 5.74) is 6.73. The fourth-order valence-electron chi connectivity index (χ4n) is 1.15. The molecule has 0 radical (unpaired) electrons. The number of hydrogen-bond acceptors (Lipinski definition) is 2. The van der Waals surface area contributed by atoms with Gasteiger partial charge in [0.1, 0.15) is 0 Å². The van der Waals surface area contributed by atoms with Crippen molar-refractivity contribution in [2.24, 2.45) is 5.73 Å². The Morgan fingerprint density at radius 1 is 1.46 bits per heavy atom. The molecule has 1 unspecified atom stereocenters. The summed E-state index contributed by atoms with van der Waals surface area (Å²) in [7, 11) is -0.453. The van der Waals surface area contributed by atoms with E-state index < -0.39 is 8.15 Å². The van der Waals surface area contributed by atoms with E-state index in [1.807, 2.05) is 19.1 Å². The van der Waals surface area contributed by atoms with Crippen LogP contribution in [0.25, 0.3) is 0 Å². The molecular weight excluding hydrogens is 181 g/mol. The summed E-state index contributed by atoms with van der Waals surface area (Å²) in [6.45, 7) is 5.51. The Hall–Kier alpha value is -0.430. The lowest BCUT2D eigenvalue weighted by Gasteiger charge is -2.12. The van der Waals surface area contributed by atoms with Crippen LogP contribution >= 0.6 is 8.15 Å². The van der Waals surface area contributed by atoms with Crippen LogP contribution in [-0.4, -0.2) is 13.3 Å². The predicted octanol–water partition coefficient (Wildman–Crippen LogP) is 1.83. The van der Waals surface area contributed by atoms with Gasteiger partial charge in [0.15, 0.2) is 0 Å². The summed E-state index contributed by atoms with van der Waals surface area (Å²) >= 11 is 0. The summed E-state index contributed by atoms with van der Waals surface area (Å²) in [5.74, 6) is 0. The molecule has 3 heteroatoms. The second-order valence-electron chi connectivity index (χ2n) is 2.79. The van der Waals surface area contributed by atoms with Crippen molar-refractivity contribution in [1.82, 2.24) is 0 Å². The third kappa shape index (κ3) is 3.07. The molecular formula is C10H16NOP. The second kappa shape index (κ2) is 5.33. The first-order chi connectivity index (χ1) is 6.27. The van der Waals surface area contributed by atoms with Gasteiger partial charge in [-0.1, -0.05) is 18.2 Å². The van der Waals surface area contributed by atoms with E-state index in [1.165, 1.54) is 10.9 Å². The van der Waals surface area contributed by atoms with E-state index in [4.69, 9.17) is 10.3 Å². The molecule has 0 aliphatic rings. The molecule has 0 aliphatic heterocycles. The summed E-state index contributed by atoms with van der Waals surface area (Å²) in [5, 5.41) is 1.26. The highest BCUT2D eigenvalue weighted by atomic mass is 31.1. The molecule has 0 heterocycles. The molecule has 72 valence electrons. The van der Waals surface area contributed by atoms with Crippen molar-refractivity contribution >= 4 is 13.5 Å². The van der Waals surface area contributed by atoms with Gasteiger partial charge in [0, 0.05) is 18.5 Å². The van der Waals surface area contributed by atoms with Gasteiger partial charge in [-0.2, -0.15) is 0 Å². The molecule has 0 aromatic heterocycles. The van der Waals surface area contributed by atoms with Gasteiger partial charge in [0.05, 0.1) is 8.15 Å². The van der Waals surface area contributed by atoms with Crippen LogP contribution in [0.15, 0.2) is 24.3 Å². The first kappa shape index (κ1) is 10.6. The molecule has 0 fully saturated rings. The van der Waals surface area contributed by atoms with Crippen LogP contribution in [0, 0.1) is 0 Å². The molecule has 1 aromatic rings. The molecule has 2 nitrogen and oxygen atoms in total. The Kier molecular flexibility index (Phi) is 4.37. The van der Waals surface area contributed by atoms with Crippen LogP contribution in [0.3, 0.4) is 0 Å². The molecule has 0 saturated carbocycles. The third-order valence-corrected chi connectivity index (χ3v) is 3.48. The fourth-order valence-corrected chi connectivity index (χ4v) is 2.33. The second-order valence-corrected chi connectivity index (χ2v) is 4.56. The molecule has 1 rings (SSSR count). The predicted molar refractivity (Wildman–Crippen MR) is 58.4 cm³/mol. The fraction of sp³-hybridized carbons (Fsp3) is 0.400. The topological polar surface area (TPSA) is 35.2 Å². The molecule has 1 atom stereocenters. The smallest absolute Gasteiger partial charge is 0.0571 e. The Labute approximate surface area is 80.9 Å². The van der Waals surface area contributed by atoms with Gasteiger partial charge < -0.3 is 10.3 Å². The van der Waals surface area contributed by atoms with Gasteiger partial charge in [-0.05, 0) is 25.2 Å². The number of hydrogen-bond donors (Lipinski definition) is 1. The highest BCUT2D eigenvalue weighted by Gasteiger charge is 2.04. The number of nitrogens with two attached hydrogens (primary N) is 1. The standard InChI is InChI=1S/C10H16NOP/c1-3-12-13(2)10-6-4-5-9(7-10)8-11/h4-7H,3,8,11H2,1-2H3. The van der Waals surface area contributed by atoms with Crippen LogP contribution < -0.4 is 11.0 Å². The minimum Gasteiger partial charge on any atom is -0.355 e. The third-order valence-electron chi connectivity index (χ3n) is 1.83. The monoisotopic (exact) mass is 197 g/mol. The minimum atomic E-state index is -0.453. The number of benzene rings is 1. The Morgan fingerprint density at radius 3 is 2.85 bits per heavy atom. The molecule has 13 heavy (non-hydrogen) atoms. The number of rotatable bonds is 4. The van der Waals surface area contributed by atoms with Gasteiger partial charge >= 0.3 is 0 Å². The summed E-state index contributed by atoms with van der Waals surface area (Å²) in [4.78, 5) is 0. The van der Waals surface area contributed by atoms with Crippen molar-refractivity contribution in [2.75, 3.05) is 13.3 Å². The van der Waals surface area contributed by atoms with E-state index in [-0.39, 0.29) is 0 Å². The van der Waals surface area contributed by atoms with E-state index in [1.54, 1.807) is 0 Å². The van der Waals surface area contributed by atoms with E-state index >= 15 is 0 Å². The minimum absolute atomic E-state index is 0.453. The maximum Gasteiger partial charge on any atom is 0.0571 e. The first-order valence-corrected chi connectivity index (χ1v) is 6.14. The lowest BCUT2D eigenvalue weighted by atomic mass is 10.2. The summed E-state index contributed by atoms with van der Waals surface area (Å²) < 4.78 is 5.55. The van der Waals surface area contributed by atoms with Gasteiger partial charge in [-0.3, -0.25) is 0 Å². The first-order valence-electron chi connectivity index (χ1n) is 4.43. The van der Waals surface area contributed by atoms with Gasteiger partial charge in [-0.25, -0.2) is 0 Å². The average molecular weight is 197 g/mol. The average Bonchev–Trinajstić information content (AvgIpc) is 2.18. The van der Waals surface area contributed by atoms with Crippen LogP contribution in [-0.2, 0) is 11.1 Å². The SMILES string of the molecule is CCOP(C)c1cccc(CN)c1. The maximum absolute atomic E-state index is 5.56. The Morgan fingerprint density at radius 2 is 2.23 bits per heavy atom. The van der Waals surface area contributed by atoms with Crippen molar-refractivity contribution in [3.63, 3.8) is 0 Å². The molecule has 1 aromatic carbocycles. The summed E-state index contributed by atoms with van der Waals surface area (Å²) in [6, 6.07) is 8.30. The van der Waals surface area contributed by atoms with E-state index in [9.17, 15) is 0 Å². The zero-order valence-corrected chi connectivity index (χ0v) is 9.05. The van der Waals surface area contributed by atoms with Crippen LogP contribution in [0.5, 0.6) is 0 Å². The maximum atomic E-state index is 5.56. The zero-order chi connectivity index (χ0) is 9.68. The van der Waals surface area contributed by atoms with Crippen molar-refractivity contribution in [1.29, 1.82) is 0 Å². The molecule has 0 bridgehead atoms. The zero-order valence-electron chi connectivity index (χ0n) is 8.16. The normalized spacial score (nSPS) is 12.8. The van der Waals surface area contributed by atoms with Crippen LogP contribution in [0.4, 0.5) is 0 Å². The van der Waals surface area contributed by atoms with Gasteiger partial charge in [0.25, 0.3) is 0 Å². The van der Waals surface area contributed by atoms with E-state index in [2.05, 4.69) is 18.8 Å². The lowest BCUT2D eigenvalue weighted by molar-refractivity contribution is 0.386. The van der Waals surface area contributed by atoms with Crippen LogP contribution in [0.1, 0.15) is 12.5 Å². The largest absolute Gasteiger partial charge is 0.355 e. The highest BCUT2D eigenvalue weighted by Crippen LogP contribution is 2.30. The van der Waals surface area contributed by atoms with Crippen molar-refractivity contribution in [2.45, 2.75) is 13.5 Å². The Bertz CT molecular complexity index is 265. The molecule has 0 saturated heterocycles. The summed E-state index contributed by atoms with van der Waals surface area (Å²) in [6.07, 6.45) is 0. The van der Waals surface area contributed by atoms with E-state index in [0.29, 0.717) is 6.54 Å². The van der Waals surface area contributed by atoms with Gasteiger partial charge in [-0.15, -0.1) is 0 Å². The highest BCUT2D eigenvalue weighted by molar-refractivity contribution is 7.60. The lowest BCUT2D eigenvalue weighted by Crippen LogP contribution is -2.05. The van der Waals surface area contributed by atoms with Crippen molar-refractivity contribution in [3.8, 4) is 0 Å². The Balaban J connectivity index is 2.75. The molecule has 0 aliphatic carbocycles. The quantitative estimate of drug-likeness (QED) is 0.747. The van der Waals surface area contributed by atoms with Gasteiger partial charge in [0.2, 0.25) is 0 Å². The molecule has 2 N–H and O–H groups in total. The van der Waals surface area contributed by atoms with Crippen LogP contribution in [0.2, 0.25) is 0 Å². The molecule has 0 spiro atoms. The molecule has 0 amide bonds. The van der Waals surface area contributed by atoms with Crippen molar-refractivity contribution < 1.29 is 4.52 Å².